The molecule has 112 valence electrons. The molecule has 0 amide bonds. The van der Waals surface area contributed by atoms with Crippen molar-refractivity contribution in [3.05, 3.63) is 65.2 Å². The van der Waals surface area contributed by atoms with Crippen LogP contribution in [0.25, 0.3) is 0 Å². The lowest BCUT2D eigenvalue weighted by molar-refractivity contribution is 0.287. The first-order chi connectivity index (χ1) is 10.2. The second-order valence-corrected chi connectivity index (χ2v) is 5.48. The van der Waals surface area contributed by atoms with E-state index in [1.165, 1.54) is 16.7 Å². The molecule has 0 bridgehead atoms. The molecule has 0 aliphatic rings. The van der Waals surface area contributed by atoms with Crippen molar-refractivity contribution in [1.29, 1.82) is 0 Å². The van der Waals surface area contributed by atoms with Gasteiger partial charge in [0, 0.05) is 12.5 Å². The normalized spacial score (nSPS) is 12.1. The Morgan fingerprint density at radius 1 is 1.00 bits per heavy atom. The van der Waals surface area contributed by atoms with Crippen LogP contribution in [0.3, 0.4) is 0 Å². The zero-order valence-corrected chi connectivity index (χ0v) is 13.2. The van der Waals surface area contributed by atoms with Crippen LogP contribution in [0.5, 0.6) is 5.75 Å². The maximum atomic E-state index is 5.88. The molecule has 0 radical (unpaired) electrons. The van der Waals surface area contributed by atoms with Crippen molar-refractivity contribution in [2.45, 2.75) is 33.2 Å². The van der Waals surface area contributed by atoms with Crippen molar-refractivity contribution in [3.8, 4) is 5.75 Å². The highest BCUT2D eigenvalue weighted by Gasteiger charge is 2.10. The number of aryl methyl sites for hydroxylation is 2. The first-order valence-electron chi connectivity index (χ1n) is 7.68. The van der Waals surface area contributed by atoms with E-state index >= 15 is 0 Å². The maximum absolute atomic E-state index is 5.88. The fraction of sp³-hybridized carbons (Fsp3) is 0.368. The van der Waals surface area contributed by atoms with Gasteiger partial charge in [0.1, 0.15) is 5.75 Å². The number of nitrogens with one attached hydrogen (secondary N) is 1. The Hall–Kier alpha value is -1.80. The van der Waals surface area contributed by atoms with Gasteiger partial charge in [-0.2, -0.15) is 0 Å². The maximum Gasteiger partial charge on any atom is 0.119 e. The molecule has 1 unspecified atom stereocenters. The van der Waals surface area contributed by atoms with E-state index in [4.69, 9.17) is 4.74 Å². The van der Waals surface area contributed by atoms with Gasteiger partial charge in [-0.15, -0.1) is 0 Å². The van der Waals surface area contributed by atoms with Crippen molar-refractivity contribution in [1.82, 2.24) is 5.32 Å². The Balaban J connectivity index is 1.94. The molecule has 2 aromatic carbocycles. The van der Waals surface area contributed by atoms with E-state index < -0.39 is 0 Å². The first kappa shape index (κ1) is 15.6. The molecule has 0 aromatic heterocycles. The fourth-order valence-corrected chi connectivity index (χ4v) is 2.52. The van der Waals surface area contributed by atoms with Crippen molar-refractivity contribution >= 4 is 0 Å². The highest BCUT2D eigenvalue weighted by Crippen LogP contribution is 2.19. The summed E-state index contributed by atoms with van der Waals surface area (Å²) in [5.41, 5.74) is 3.87. The van der Waals surface area contributed by atoms with Crippen molar-refractivity contribution in [3.63, 3.8) is 0 Å². The third kappa shape index (κ3) is 4.91. The van der Waals surface area contributed by atoms with Gasteiger partial charge in [-0.05, 0) is 43.7 Å². The summed E-state index contributed by atoms with van der Waals surface area (Å²) in [5, 5.41) is 3.54. The molecule has 0 aliphatic heterocycles. The Bertz CT molecular complexity index is 565. The van der Waals surface area contributed by atoms with Crippen LogP contribution in [-0.4, -0.2) is 13.2 Å². The molecule has 0 fully saturated rings. The van der Waals surface area contributed by atoms with Crippen LogP contribution in [0.15, 0.2) is 48.5 Å². The predicted molar refractivity (Wildman–Crippen MR) is 88.9 cm³/mol. The minimum atomic E-state index is 0.347. The largest absolute Gasteiger partial charge is 0.494 e. The smallest absolute Gasteiger partial charge is 0.119 e. The number of ether oxygens (including phenoxy) is 1. The van der Waals surface area contributed by atoms with Crippen molar-refractivity contribution in [2.24, 2.45) is 0 Å². The standard InChI is InChI=1S/C19H25NO/c1-4-20-19(17-9-5-7-15(2)13-17)11-12-21-18-10-6-8-16(3)14-18/h5-10,13-14,19-20H,4,11-12H2,1-3H3. The zero-order valence-electron chi connectivity index (χ0n) is 13.2. The van der Waals surface area contributed by atoms with Crippen LogP contribution in [0.2, 0.25) is 0 Å². The number of rotatable bonds is 7. The topological polar surface area (TPSA) is 21.3 Å². The molecule has 0 heterocycles. The molecule has 1 N–H and O–H groups in total. The van der Waals surface area contributed by atoms with Gasteiger partial charge in [0.15, 0.2) is 0 Å². The average molecular weight is 283 g/mol. The lowest BCUT2D eigenvalue weighted by Gasteiger charge is -2.19. The van der Waals surface area contributed by atoms with E-state index in [2.05, 4.69) is 62.5 Å². The average Bonchev–Trinajstić information content (AvgIpc) is 2.46. The molecule has 0 aliphatic carbocycles. The monoisotopic (exact) mass is 283 g/mol. The molecule has 2 nitrogen and oxygen atoms in total. The number of benzene rings is 2. The van der Waals surface area contributed by atoms with E-state index in [-0.39, 0.29) is 0 Å². The molecule has 2 rings (SSSR count). The summed E-state index contributed by atoms with van der Waals surface area (Å²) in [6, 6.07) is 17.3. The molecule has 0 saturated heterocycles. The number of hydrogen-bond acceptors (Lipinski definition) is 2. The van der Waals surface area contributed by atoms with Crippen LogP contribution in [0, 0.1) is 13.8 Å². The molecule has 2 aromatic rings. The minimum Gasteiger partial charge on any atom is -0.494 e. The van der Waals surface area contributed by atoms with Crippen LogP contribution in [0.1, 0.15) is 36.1 Å². The van der Waals surface area contributed by atoms with Crippen molar-refractivity contribution in [2.75, 3.05) is 13.2 Å². The van der Waals surface area contributed by atoms with Gasteiger partial charge in [0.25, 0.3) is 0 Å². The van der Waals surface area contributed by atoms with Gasteiger partial charge >= 0.3 is 0 Å². The quantitative estimate of drug-likeness (QED) is 0.812. The van der Waals surface area contributed by atoms with Crippen LogP contribution in [0.4, 0.5) is 0 Å². The van der Waals surface area contributed by atoms with Gasteiger partial charge in [-0.3, -0.25) is 0 Å². The zero-order chi connectivity index (χ0) is 15.1. The van der Waals surface area contributed by atoms with Crippen molar-refractivity contribution < 1.29 is 4.74 Å². The second kappa shape index (κ2) is 7.84. The van der Waals surface area contributed by atoms with E-state index in [1.807, 2.05) is 12.1 Å². The second-order valence-electron chi connectivity index (χ2n) is 5.48. The summed E-state index contributed by atoms with van der Waals surface area (Å²) < 4.78 is 5.88. The third-order valence-electron chi connectivity index (χ3n) is 3.56. The Morgan fingerprint density at radius 3 is 2.38 bits per heavy atom. The van der Waals surface area contributed by atoms with Gasteiger partial charge in [0.05, 0.1) is 6.61 Å². The van der Waals surface area contributed by atoms with Gasteiger partial charge in [-0.1, -0.05) is 48.9 Å². The molecule has 1 atom stereocenters. The van der Waals surface area contributed by atoms with Gasteiger partial charge in [0.2, 0.25) is 0 Å². The third-order valence-corrected chi connectivity index (χ3v) is 3.56. The molecular formula is C19H25NO. The summed E-state index contributed by atoms with van der Waals surface area (Å²) in [5.74, 6) is 0.953. The molecule has 21 heavy (non-hydrogen) atoms. The first-order valence-corrected chi connectivity index (χ1v) is 7.68. The summed E-state index contributed by atoms with van der Waals surface area (Å²) >= 11 is 0. The molecule has 0 saturated carbocycles. The highest BCUT2D eigenvalue weighted by atomic mass is 16.5. The Labute approximate surface area is 128 Å². The minimum absolute atomic E-state index is 0.347. The summed E-state index contributed by atoms with van der Waals surface area (Å²) in [6.07, 6.45) is 0.964. The van der Waals surface area contributed by atoms with Crippen LogP contribution >= 0.6 is 0 Å². The summed E-state index contributed by atoms with van der Waals surface area (Å²) in [6.45, 7) is 8.04. The lowest BCUT2D eigenvalue weighted by atomic mass is 10.0. The van der Waals surface area contributed by atoms with E-state index in [0.717, 1.165) is 25.3 Å². The molecular weight excluding hydrogens is 258 g/mol. The van der Waals surface area contributed by atoms with E-state index in [1.54, 1.807) is 0 Å². The fourth-order valence-electron chi connectivity index (χ4n) is 2.52. The summed E-state index contributed by atoms with van der Waals surface area (Å²) in [7, 11) is 0. The van der Waals surface area contributed by atoms with Crippen LogP contribution < -0.4 is 10.1 Å². The SMILES string of the molecule is CCNC(CCOc1cccc(C)c1)c1cccc(C)c1. The van der Waals surface area contributed by atoms with Gasteiger partial charge in [-0.25, -0.2) is 0 Å². The van der Waals surface area contributed by atoms with E-state index in [9.17, 15) is 0 Å². The van der Waals surface area contributed by atoms with E-state index in [0.29, 0.717) is 6.04 Å². The number of hydrogen-bond donors (Lipinski definition) is 1. The van der Waals surface area contributed by atoms with Crippen LogP contribution in [-0.2, 0) is 0 Å². The predicted octanol–water partition coefficient (Wildman–Crippen LogP) is 4.42. The molecule has 2 heteroatoms. The summed E-state index contributed by atoms with van der Waals surface area (Å²) in [4.78, 5) is 0. The Morgan fingerprint density at radius 2 is 1.71 bits per heavy atom. The Kier molecular flexibility index (Phi) is 5.82. The lowest BCUT2D eigenvalue weighted by Crippen LogP contribution is -2.23. The molecule has 0 spiro atoms. The highest BCUT2D eigenvalue weighted by molar-refractivity contribution is 5.28. The van der Waals surface area contributed by atoms with Gasteiger partial charge < -0.3 is 10.1 Å².